The molecule has 96 valence electrons. The smallest absolute Gasteiger partial charge is 0.0593 e. The van der Waals surface area contributed by atoms with Gasteiger partial charge in [0, 0.05) is 25.2 Å². The molecule has 1 saturated carbocycles. The van der Waals surface area contributed by atoms with Crippen molar-refractivity contribution >= 4 is 0 Å². The summed E-state index contributed by atoms with van der Waals surface area (Å²) in [5.74, 6) is 0. The molecule has 0 aromatic rings. The number of ether oxygens (including phenoxy) is 1. The third-order valence-corrected chi connectivity index (χ3v) is 3.50. The Morgan fingerprint density at radius 1 is 1.12 bits per heavy atom. The third kappa shape index (κ3) is 4.81. The average Bonchev–Trinajstić information content (AvgIpc) is 2.29. The van der Waals surface area contributed by atoms with Gasteiger partial charge in [0.25, 0.3) is 0 Å². The lowest BCUT2D eigenvalue weighted by Crippen LogP contribution is -2.42. The van der Waals surface area contributed by atoms with Crippen LogP contribution < -0.4 is 5.73 Å². The molecule has 0 amide bonds. The van der Waals surface area contributed by atoms with E-state index in [-0.39, 0.29) is 0 Å². The van der Waals surface area contributed by atoms with Gasteiger partial charge in [-0.05, 0) is 45.6 Å². The van der Waals surface area contributed by atoms with E-state index in [4.69, 9.17) is 10.5 Å². The van der Waals surface area contributed by atoms with Crippen LogP contribution in [-0.2, 0) is 4.74 Å². The molecular weight excluding hydrogens is 200 g/mol. The van der Waals surface area contributed by atoms with Gasteiger partial charge in [-0.1, -0.05) is 6.92 Å². The standard InChI is InChI=1S/C13H28N2O/c1-3-9-15(10-11-16-4-2)13-7-5-12(14)6-8-13/h12-13H,3-11,14H2,1-2H3. The largest absolute Gasteiger partial charge is 0.380 e. The molecule has 1 aliphatic carbocycles. The summed E-state index contributed by atoms with van der Waals surface area (Å²) in [6, 6.07) is 1.20. The Morgan fingerprint density at radius 3 is 2.38 bits per heavy atom. The molecule has 0 atom stereocenters. The Balaban J connectivity index is 2.30. The maximum absolute atomic E-state index is 5.95. The number of rotatable bonds is 7. The van der Waals surface area contributed by atoms with Crippen LogP contribution in [0.5, 0.6) is 0 Å². The molecule has 1 fully saturated rings. The van der Waals surface area contributed by atoms with E-state index in [1.165, 1.54) is 38.6 Å². The first-order chi connectivity index (χ1) is 7.77. The van der Waals surface area contributed by atoms with Gasteiger partial charge in [0.2, 0.25) is 0 Å². The molecule has 0 aromatic carbocycles. The zero-order valence-corrected chi connectivity index (χ0v) is 11.0. The normalized spacial score (nSPS) is 26.2. The SMILES string of the molecule is CCCN(CCOCC)C1CCC(N)CC1. The van der Waals surface area contributed by atoms with E-state index < -0.39 is 0 Å². The van der Waals surface area contributed by atoms with E-state index in [1.807, 2.05) is 0 Å². The van der Waals surface area contributed by atoms with Gasteiger partial charge in [-0.25, -0.2) is 0 Å². The molecular formula is C13H28N2O. The Bertz CT molecular complexity index is 167. The van der Waals surface area contributed by atoms with Crippen LogP contribution in [-0.4, -0.2) is 43.3 Å². The minimum absolute atomic E-state index is 0.451. The van der Waals surface area contributed by atoms with Crippen molar-refractivity contribution in [2.45, 2.75) is 58.0 Å². The highest BCUT2D eigenvalue weighted by Crippen LogP contribution is 2.22. The second-order valence-electron chi connectivity index (χ2n) is 4.80. The van der Waals surface area contributed by atoms with Gasteiger partial charge < -0.3 is 10.5 Å². The summed E-state index contributed by atoms with van der Waals surface area (Å²) in [6.07, 6.45) is 6.16. The van der Waals surface area contributed by atoms with E-state index >= 15 is 0 Å². The van der Waals surface area contributed by atoms with E-state index in [9.17, 15) is 0 Å². The Kier molecular flexibility index (Phi) is 7.01. The second kappa shape index (κ2) is 8.04. The van der Waals surface area contributed by atoms with Crippen molar-refractivity contribution in [3.8, 4) is 0 Å². The molecule has 2 N–H and O–H groups in total. The second-order valence-corrected chi connectivity index (χ2v) is 4.80. The van der Waals surface area contributed by atoms with Crippen LogP contribution in [0.3, 0.4) is 0 Å². The van der Waals surface area contributed by atoms with Gasteiger partial charge in [-0.2, -0.15) is 0 Å². The van der Waals surface area contributed by atoms with Gasteiger partial charge in [0.05, 0.1) is 6.61 Å². The first kappa shape index (κ1) is 13.9. The van der Waals surface area contributed by atoms with Crippen LogP contribution in [0.15, 0.2) is 0 Å². The van der Waals surface area contributed by atoms with Crippen molar-refractivity contribution in [1.29, 1.82) is 0 Å². The topological polar surface area (TPSA) is 38.5 Å². The lowest BCUT2D eigenvalue weighted by Gasteiger charge is -2.35. The van der Waals surface area contributed by atoms with Gasteiger partial charge in [-0.15, -0.1) is 0 Å². The predicted octanol–water partition coefficient (Wildman–Crippen LogP) is 2.00. The van der Waals surface area contributed by atoms with Gasteiger partial charge >= 0.3 is 0 Å². The summed E-state index contributed by atoms with van der Waals surface area (Å²) < 4.78 is 5.46. The van der Waals surface area contributed by atoms with Crippen LogP contribution in [0, 0.1) is 0 Å². The fraction of sp³-hybridized carbons (Fsp3) is 1.00. The summed E-state index contributed by atoms with van der Waals surface area (Å²) >= 11 is 0. The van der Waals surface area contributed by atoms with Crippen molar-refractivity contribution in [2.24, 2.45) is 5.73 Å². The van der Waals surface area contributed by atoms with Gasteiger partial charge in [0.15, 0.2) is 0 Å². The fourth-order valence-electron chi connectivity index (χ4n) is 2.56. The first-order valence-corrected chi connectivity index (χ1v) is 6.85. The number of nitrogens with two attached hydrogens (primary N) is 1. The van der Waals surface area contributed by atoms with Crippen LogP contribution in [0.1, 0.15) is 46.0 Å². The summed E-state index contributed by atoms with van der Waals surface area (Å²) in [5.41, 5.74) is 5.95. The Hall–Kier alpha value is -0.120. The lowest BCUT2D eigenvalue weighted by molar-refractivity contribution is 0.0804. The molecule has 1 rings (SSSR count). The molecule has 0 aromatic heterocycles. The van der Waals surface area contributed by atoms with Crippen LogP contribution in [0.4, 0.5) is 0 Å². The maximum atomic E-state index is 5.95. The third-order valence-electron chi connectivity index (χ3n) is 3.50. The highest BCUT2D eigenvalue weighted by molar-refractivity contribution is 4.81. The van der Waals surface area contributed by atoms with E-state index in [2.05, 4.69) is 18.7 Å². The van der Waals surface area contributed by atoms with E-state index in [0.717, 1.165) is 25.8 Å². The molecule has 0 aliphatic heterocycles. The van der Waals surface area contributed by atoms with Crippen molar-refractivity contribution < 1.29 is 4.74 Å². The summed E-state index contributed by atoms with van der Waals surface area (Å²) in [5, 5.41) is 0. The van der Waals surface area contributed by atoms with Crippen molar-refractivity contribution in [1.82, 2.24) is 4.90 Å². The van der Waals surface area contributed by atoms with Crippen molar-refractivity contribution in [3.05, 3.63) is 0 Å². The van der Waals surface area contributed by atoms with Crippen molar-refractivity contribution in [3.63, 3.8) is 0 Å². The summed E-state index contributed by atoms with van der Waals surface area (Å²) in [6.45, 7) is 8.30. The zero-order chi connectivity index (χ0) is 11.8. The molecule has 0 heterocycles. The van der Waals surface area contributed by atoms with Crippen LogP contribution in [0.25, 0.3) is 0 Å². The van der Waals surface area contributed by atoms with E-state index in [0.29, 0.717) is 6.04 Å². The predicted molar refractivity (Wildman–Crippen MR) is 68.6 cm³/mol. The molecule has 3 heteroatoms. The van der Waals surface area contributed by atoms with Crippen LogP contribution in [0.2, 0.25) is 0 Å². The van der Waals surface area contributed by atoms with Gasteiger partial charge in [0.1, 0.15) is 0 Å². The molecule has 0 radical (unpaired) electrons. The summed E-state index contributed by atoms with van der Waals surface area (Å²) in [4.78, 5) is 2.60. The average molecular weight is 228 g/mol. The molecule has 0 spiro atoms. The highest BCUT2D eigenvalue weighted by Gasteiger charge is 2.23. The number of hydrogen-bond donors (Lipinski definition) is 1. The molecule has 3 nitrogen and oxygen atoms in total. The first-order valence-electron chi connectivity index (χ1n) is 6.85. The zero-order valence-electron chi connectivity index (χ0n) is 11.0. The highest BCUT2D eigenvalue weighted by atomic mass is 16.5. The molecule has 0 unspecified atom stereocenters. The molecule has 0 saturated heterocycles. The summed E-state index contributed by atoms with van der Waals surface area (Å²) in [7, 11) is 0. The molecule has 16 heavy (non-hydrogen) atoms. The monoisotopic (exact) mass is 228 g/mol. The molecule has 1 aliphatic rings. The van der Waals surface area contributed by atoms with E-state index in [1.54, 1.807) is 0 Å². The number of hydrogen-bond acceptors (Lipinski definition) is 3. The Morgan fingerprint density at radius 2 is 1.81 bits per heavy atom. The quantitative estimate of drug-likeness (QED) is 0.677. The minimum atomic E-state index is 0.451. The molecule has 0 bridgehead atoms. The maximum Gasteiger partial charge on any atom is 0.0593 e. The lowest BCUT2D eigenvalue weighted by atomic mass is 9.90. The minimum Gasteiger partial charge on any atom is -0.380 e. The van der Waals surface area contributed by atoms with Crippen LogP contribution >= 0.6 is 0 Å². The fourth-order valence-corrected chi connectivity index (χ4v) is 2.56. The van der Waals surface area contributed by atoms with Gasteiger partial charge in [-0.3, -0.25) is 4.90 Å². The number of nitrogens with zero attached hydrogens (tertiary/aromatic N) is 1. The Labute approximate surface area is 100 Å². The van der Waals surface area contributed by atoms with Crippen molar-refractivity contribution in [2.75, 3.05) is 26.3 Å².